The minimum Gasteiger partial charge on any atom is -0.313 e. The molecule has 0 radical (unpaired) electrons. The summed E-state index contributed by atoms with van der Waals surface area (Å²) in [5.74, 6) is -0.210. The summed E-state index contributed by atoms with van der Waals surface area (Å²) in [7, 11) is 3.80. The molecule has 0 aliphatic heterocycles. The summed E-state index contributed by atoms with van der Waals surface area (Å²) in [6.07, 6.45) is 0.748. The molecule has 1 aromatic heterocycles. The molecule has 0 aliphatic rings. The van der Waals surface area contributed by atoms with Crippen LogP contribution in [-0.2, 0) is 13.5 Å². The van der Waals surface area contributed by atoms with Crippen LogP contribution < -0.4 is 5.32 Å². The van der Waals surface area contributed by atoms with Crippen LogP contribution in [0.1, 0.15) is 23.0 Å². The lowest BCUT2D eigenvalue weighted by Gasteiger charge is -2.17. The van der Waals surface area contributed by atoms with Crippen LogP contribution in [0.15, 0.2) is 28.7 Å². The highest BCUT2D eigenvalue weighted by Crippen LogP contribution is 2.26. The number of hydrogen-bond donors (Lipinski definition) is 1. The second-order valence-corrected chi connectivity index (χ2v) is 5.36. The smallest absolute Gasteiger partial charge is 0.123 e. The molecule has 2 rings (SSSR count). The molecular weight excluding hydrogens is 309 g/mol. The van der Waals surface area contributed by atoms with Gasteiger partial charge in [0.15, 0.2) is 0 Å². The number of aryl methyl sites for hydroxylation is 2. The van der Waals surface area contributed by atoms with Crippen molar-refractivity contribution in [2.75, 3.05) is 7.05 Å². The van der Waals surface area contributed by atoms with Gasteiger partial charge in [-0.1, -0.05) is 12.1 Å². The third-order valence-electron chi connectivity index (χ3n) is 3.26. The highest BCUT2D eigenvalue weighted by atomic mass is 79.9. The summed E-state index contributed by atoms with van der Waals surface area (Å²) in [6.45, 7) is 1.96. The SMILES string of the molecule is CNC(Cc1c(Br)c(C)nn1C)c1cccc(F)c1. The van der Waals surface area contributed by atoms with Gasteiger partial charge in [0.2, 0.25) is 0 Å². The van der Waals surface area contributed by atoms with E-state index < -0.39 is 0 Å². The Morgan fingerprint density at radius 1 is 1.47 bits per heavy atom. The number of rotatable bonds is 4. The van der Waals surface area contributed by atoms with Crippen LogP contribution in [0.5, 0.6) is 0 Å². The van der Waals surface area contributed by atoms with Crippen LogP contribution in [0.4, 0.5) is 4.39 Å². The zero-order valence-electron chi connectivity index (χ0n) is 11.2. The van der Waals surface area contributed by atoms with Gasteiger partial charge in [0.25, 0.3) is 0 Å². The third-order valence-corrected chi connectivity index (χ3v) is 4.29. The molecule has 3 nitrogen and oxygen atoms in total. The van der Waals surface area contributed by atoms with E-state index >= 15 is 0 Å². The zero-order chi connectivity index (χ0) is 14.0. The summed E-state index contributed by atoms with van der Waals surface area (Å²) in [4.78, 5) is 0. The number of halogens is 2. The lowest BCUT2D eigenvalue weighted by Crippen LogP contribution is -2.20. The van der Waals surface area contributed by atoms with Gasteiger partial charge in [0.1, 0.15) is 5.82 Å². The van der Waals surface area contributed by atoms with Gasteiger partial charge < -0.3 is 5.32 Å². The number of nitrogens with zero attached hydrogens (tertiary/aromatic N) is 2. The van der Waals surface area contributed by atoms with Gasteiger partial charge in [0.05, 0.1) is 15.9 Å². The Hall–Kier alpha value is -1.20. The van der Waals surface area contributed by atoms with Crippen LogP contribution in [-0.4, -0.2) is 16.8 Å². The van der Waals surface area contributed by atoms with Crippen molar-refractivity contribution in [3.63, 3.8) is 0 Å². The van der Waals surface area contributed by atoms with Crippen LogP contribution in [0, 0.1) is 12.7 Å². The maximum Gasteiger partial charge on any atom is 0.123 e. The highest BCUT2D eigenvalue weighted by Gasteiger charge is 2.17. The lowest BCUT2D eigenvalue weighted by molar-refractivity contribution is 0.552. The van der Waals surface area contributed by atoms with Crippen LogP contribution in [0.2, 0.25) is 0 Å². The molecule has 0 aliphatic carbocycles. The first-order chi connectivity index (χ1) is 9.02. The predicted octanol–water partition coefficient (Wildman–Crippen LogP) is 3.13. The van der Waals surface area contributed by atoms with Crippen molar-refractivity contribution >= 4 is 15.9 Å². The molecule has 0 amide bonds. The van der Waals surface area contributed by atoms with Gasteiger partial charge >= 0.3 is 0 Å². The largest absolute Gasteiger partial charge is 0.313 e. The quantitative estimate of drug-likeness (QED) is 0.935. The molecule has 0 fully saturated rings. The fraction of sp³-hybridized carbons (Fsp3) is 0.357. The van der Waals surface area contributed by atoms with Crippen LogP contribution in [0.3, 0.4) is 0 Å². The molecule has 1 heterocycles. The Morgan fingerprint density at radius 2 is 2.21 bits per heavy atom. The van der Waals surface area contributed by atoms with Gasteiger partial charge in [-0.15, -0.1) is 0 Å². The van der Waals surface area contributed by atoms with Crippen molar-refractivity contribution in [3.05, 3.63) is 51.5 Å². The van der Waals surface area contributed by atoms with E-state index in [1.165, 1.54) is 6.07 Å². The molecule has 1 unspecified atom stereocenters. The minimum absolute atomic E-state index is 0.0572. The Kier molecular flexibility index (Phi) is 4.37. The Labute approximate surface area is 121 Å². The maximum absolute atomic E-state index is 13.3. The van der Waals surface area contributed by atoms with Crippen molar-refractivity contribution in [2.24, 2.45) is 7.05 Å². The van der Waals surface area contributed by atoms with Gasteiger partial charge in [-0.3, -0.25) is 4.68 Å². The molecular formula is C14H17BrFN3. The van der Waals surface area contributed by atoms with E-state index in [1.54, 1.807) is 12.1 Å². The zero-order valence-corrected chi connectivity index (χ0v) is 12.8. The topological polar surface area (TPSA) is 29.9 Å². The highest BCUT2D eigenvalue weighted by molar-refractivity contribution is 9.10. The fourth-order valence-corrected chi connectivity index (χ4v) is 2.70. The maximum atomic E-state index is 13.3. The van der Waals surface area contributed by atoms with Crippen molar-refractivity contribution in [3.8, 4) is 0 Å². The van der Waals surface area contributed by atoms with Gasteiger partial charge in [-0.25, -0.2) is 4.39 Å². The van der Waals surface area contributed by atoms with Crippen molar-refractivity contribution in [1.29, 1.82) is 0 Å². The van der Waals surface area contributed by atoms with E-state index in [1.807, 2.05) is 31.8 Å². The van der Waals surface area contributed by atoms with E-state index in [0.29, 0.717) is 0 Å². The van der Waals surface area contributed by atoms with Gasteiger partial charge in [-0.2, -0.15) is 5.10 Å². The molecule has 0 spiro atoms. The van der Waals surface area contributed by atoms with Gasteiger partial charge in [-0.05, 0) is 47.6 Å². The summed E-state index contributed by atoms with van der Waals surface area (Å²) in [6, 6.07) is 6.75. The molecule has 1 N–H and O–H groups in total. The van der Waals surface area contributed by atoms with E-state index in [4.69, 9.17) is 0 Å². The molecule has 0 bridgehead atoms. The summed E-state index contributed by atoms with van der Waals surface area (Å²) in [5.41, 5.74) is 3.00. The first kappa shape index (κ1) is 14.2. The molecule has 5 heteroatoms. The monoisotopic (exact) mass is 325 g/mol. The minimum atomic E-state index is -0.210. The second kappa shape index (κ2) is 5.84. The Balaban J connectivity index is 2.29. The fourth-order valence-electron chi connectivity index (χ4n) is 2.21. The van der Waals surface area contributed by atoms with E-state index in [9.17, 15) is 4.39 Å². The number of hydrogen-bond acceptors (Lipinski definition) is 2. The summed E-state index contributed by atoms with van der Waals surface area (Å²) < 4.78 is 16.2. The number of aromatic nitrogens is 2. The molecule has 102 valence electrons. The molecule has 1 aromatic carbocycles. The van der Waals surface area contributed by atoms with E-state index in [2.05, 4.69) is 26.3 Å². The lowest BCUT2D eigenvalue weighted by atomic mass is 10.0. The summed E-state index contributed by atoms with van der Waals surface area (Å²) in [5, 5.41) is 7.61. The second-order valence-electron chi connectivity index (χ2n) is 4.57. The van der Waals surface area contributed by atoms with Crippen LogP contribution >= 0.6 is 15.9 Å². The molecule has 0 saturated heterocycles. The number of nitrogens with one attached hydrogen (secondary N) is 1. The van der Waals surface area contributed by atoms with Gasteiger partial charge in [0, 0.05) is 19.5 Å². The van der Waals surface area contributed by atoms with E-state index in [0.717, 1.165) is 27.8 Å². The summed E-state index contributed by atoms with van der Waals surface area (Å²) >= 11 is 3.56. The van der Waals surface area contributed by atoms with Crippen LogP contribution in [0.25, 0.3) is 0 Å². The first-order valence-electron chi connectivity index (χ1n) is 6.13. The first-order valence-corrected chi connectivity index (χ1v) is 6.93. The number of likely N-dealkylation sites (N-methyl/N-ethyl adjacent to an activating group) is 1. The van der Waals surface area contributed by atoms with Crippen molar-refractivity contribution in [1.82, 2.24) is 15.1 Å². The Morgan fingerprint density at radius 3 is 2.74 bits per heavy atom. The van der Waals surface area contributed by atoms with Crippen molar-refractivity contribution < 1.29 is 4.39 Å². The molecule has 1 atom stereocenters. The van der Waals surface area contributed by atoms with Crippen molar-refractivity contribution in [2.45, 2.75) is 19.4 Å². The molecule has 19 heavy (non-hydrogen) atoms. The standard InChI is InChI=1S/C14H17BrFN3/c1-9-14(15)13(19(3)18-9)8-12(17-2)10-5-4-6-11(16)7-10/h4-7,12,17H,8H2,1-3H3. The molecule has 2 aromatic rings. The average molecular weight is 326 g/mol. The predicted molar refractivity (Wildman–Crippen MR) is 77.5 cm³/mol. The molecule has 0 saturated carbocycles. The normalized spacial score (nSPS) is 12.7. The number of benzene rings is 1. The average Bonchev–Trinajstić information content (AvgIpc) is 2.61. The Bertz CT molecular complexity index is 580. The van der Waals surface area contributed by atoms with E-state index in [-0.39, 0.29) is 11.9 Å². The third kappa shape index (κ3) is 3.04.